The van der Waals surface area contributed by atoms with Gasteiger partial charge in [-0.1, -0.05) is 35.9 Å². The van der Waals surface area contributed by atoms with Crippen LogP contribution in [-0.2, 0) is 16.6 Å². The molecule has 0 N–H and O–H groups in total. The van der Waals surface area contributed by atoms with Crippen molar-refractivity contribution in [3.05, 3.63) is 65.2 Å². The summed E-state index contributed by atoms with van der Waals surface area (Å²) in [5, 5.41) is 0. The van der Waals surface area contributed by atoms with Gasteiger partial charge in [0.1, 0.15) is 11.6 Å². The van der Waals surface area contributed by atoms with Crippen LogP contribution in [0, 0.1) is 18.6 Å². The summed E-state index contributed by atoms with van der Waals surface area (Å²) in [5.74, 6) is -2.10. The van der Waals surface area contributed by atoms with Gasteiger partial charge in [-0.3, -0.25) is 4.90 Å². The van der Waals surface area contributed by atoms with Crippen molar-refractivity contribution in [1.82, 2.24) is 9.21 Å². The summed E-state index contributed by atoms with van der Waals surface area (Å²) in [5.41, 5.74) is 2.35. The largest absolute Gasteiger partial charge is 0.298 e. The van der Waals surface area contributed by atoms with E-state index in [2.05, 4.69) is 17.0 Å². The number of hydrogen-bond donors (Lipinski definition) is 0. The van der Waals surface area contributed by atoms with Gasteiger partial charge in [0.25, 0.3) is 0 Å². The van der Waals surface area contributed by atoms with Crippen molar-refractivity contribution in [2.45, 2.75) is 24.8 Å². The Morgan fingerprint density at radius 2 is 1.58 bits per heavy atom. The Balaban J connectivity index is 1.72. The summed E-state index contributed by atoms with van der Waals surface area (Å²) >= 11 is 0. The molecule has 0 unspecified atom stereocenters. The van der Waals surface area contributed by atoms with E-state index in [-0.39, 0.29) is 13.1 Å². The highest BCUT2D eigenvalue weighted by Crippen LogP contribution is 2.24. The molecular weight excluding hydrogens is 358 g/mol. The minimum atomic E-state index is -4.19. The zero-order chi connectivity index (χ0) is 18.7. The number of sulfonamides is 1. The average molecular weight is 380 g/mol. The monoisotopic (exact) mass is 380 g/mol. The Labute approximate surface area is 153 Å². The van der Waals surface area contributed by atoms with Gasteiger partial charge < -0.3 is 0 Å². The minimum Gasteiger partial charge on any atom is -0.298 e. The van der Waals surface area contributed by atoms with Crippen LogP contribution >= 0.6 is 0 Å². The molecule has 1 fully saturated rings. The second-order valence-electron chi connectivity index (χ2n) is 6.57. The fraction of sp³-hybridized carbons (Fsp3) is 0.368. The van der Waals surface area contributed by atoms with E-state index in [1.54, 1.807) is 0 Å². The Kier molecular flexibility index (Phi) is 5.70. The van der Waals surface area contributed by atoms with Crippen molar-refractivity contribution in [2.24, 2.45) is 0 Å². The first-order valence-corrected chi connectivity index (χ1v) is 10.0. The number of hydrogen-bond acceptors (Lipinski definition) is 3. The Morgan fingerprint density at radius 3 is 2.23 bits per heavy atom. The number of rotatable bonds is 4. The molecule has 0 atom stereocenters. The molecule has 0 radical (unpaired) electrons. The van der Waals surface area contributed by atoms with Crippen LogP contribution in [0.3, 0.4) is 0 Å². The lowest BCUT2D eigenvalue weighted by atomic mass is 10.1. The second-order valence-corrected chi connectivity index (χ2v) is 8.44. The van der Waals surface area contributed by atoms with Gasteiger partial charge in [0.15, 0.2) is 4.90 Å². The molecule has 1 heterocycles. The molecule has 0 spiro atoms. The minimum absolute atomic E-state index is 0.210. The lowest BCUT2D eigenvalue weighted by Gasteiger charge is -2.22. The Hall–Kier alpha value is -1.83. The van der Waals surface area contributed by atoms with E-state index in [9.17, 15) is 17.2 Å². The summed E-state index contributed by atoms with van der Waals surface area (Å²) in [6.07, 6.45) is 0.612. The van der Waals surface area contributed by atoms with E-state index < -0.39 is 26.6 Å². The average Bonchev–Trinajstić information content (AvgIpc) is 2.83. The van der Waals surface area contributed by atoms with Crippen molar-refractivity contribution in [2.75, 3.05) is 26.2 Å². The Morgan fingerprint density at radius 1 is 0.923 bits per heavy atom. The van der Waals surface area contributed by atoms with Gasteiger partial charge in [-0.2, -0.15) is 4.31 Å². The zero-order valence-corrected chi connectivity index (χ0v) is 15.5. The Bertz CT molecular complexity index is 849. The molecule has 0 amide bonds. The van der Waals surface area contributed by atoms with E-state index >= 15 is 0 Å². The van der Waals surface area contributed by atoms with E-state index in [1.165, 1.54) is 9.87 Å². The lowest BCUT2D eigenvalue weighted by molar-refractivity contribution is 0.278. The van der Waals surface area contributed by atoms with Gasteiger partial charge in [-0.25, -0.2) is 17.2 Å². The van der Waals surface area contributed by atoms with Crippen LogP contribution in [0.25, 0.3) is 0 Å². The fourth-order valence-corrected chi connectivity index (χ4v) is 4.73. The number of aryl methyl sites for hydroxylation is 1. The lowest BCUT2D eigenvalue weighted by Crippen LogP contribution is -2.36. The first kappa shape index (κ1) is 18.9. The molecule has 2 aromatic carbocycles. The highest BCUT2D eigenvalue weighted by Gasteiger charge is 2.31. The number of halogens is 2. The van der Waals surface area contributed by atoms with Crippen LogP contribution in [0.2, 0.25) is 0 Å². The van der Waals surface area contributed by atoms with Gasteiger partial charge in [-0.05, 0) is 37.6 Å². The molecular formula is C19H22F2N2O2S. The van der Waals surface area contributed by atoms with Gasteiger partial charge in [-0.15, -0.1) is 0 Å². The molecule has 3 rings (SSSR count). The number of nitrogens with zero attached hydrogens (tertiary/aromatic N) is 2. The highest BCUT2D eigenvalue weighted by molar-refractivity contribution is 7.89. The van der Waals surface area contributed by atoms with Crippen LogP contribution in [-0.4, -0.2) is 43.8 Å². The summed E-state index contributed by atoms with van der Waals surface area (Å²) in [6.45, 7) is 4.47. The van der Waals surface area contributed by atoms with E-state index in [4.69, 9.17) is 0 Å². The normalized spacial score (nSPS) is 17.2. The van der Waals surface area contributed by atoms with Gasteiger partial charge in [0, 0.05) is 26.2 Å². The molecule has 4 nitrogen and oxygen atoms in total. The molecule has 1 aliphatic heterocycles. The van der Waals surface area contributed by atoms with Crippen molar-refractivity contribution in [3.63, 3.8) is 0 Å². The molecule has 1 aliphatic rings. The van der Waals surface area contributed by atoms with Crippen molar-refractivity contribution in [1.29, 1.82) is 0 Å². The van der Waals surface area contributed by atoms with Crippen molar-refractivity contribution < 1.29 is 17.2 Å². The van der Waals surface area contributed by atoms with Gasteiger partial charge in [0.05, 0.1) is 0 Å². The second kappa shape index (κ2) is 7.82. The van der Waals surface area contributed by atoms with Crippen LogP contribution in [0.15, 0.2) is 47.4 Å². The molecule has 7 heteroatoms. The standard InChI is InChI=1S/C19H22F2N2O2S/c1-15-6-8-16(9-7-15)14-22-10-3-11-23(13-12-22)26(24,25)19-17(20)4-2-5-18(19)21/h2,4-9H,3,10-14H2,1H3. The molecule has 1 saturated heterocycles. The molecule has 0 saturated carbocycles. The van der Waals surface area contributed by atoms with Crippen LogP contribution in [0.1, 0.15) is 17.5 Å². The maximum Gasteiger partial charge on any atom is 0.248 e. The topological polar surface area (TPSA) is 40.6 Å². The molecule has 140 valence electrons. The summed E-state index contributed by atoms with van der Waals surface area (Å²) in [6, 6.07) is 11.3. The van der Waals surface area contributed by atoms with Crippen LogP contribution in [0.4, 0.5) is 8.78 Å². The van der Waals surface area contributed by atoms with E-state index in [1.807, 2.05) is 19.1 Å². The first-order valence-electron chi connectivity index (χ1n) is 8.60. The quantitative estimate of drug-likeness (QED) is 0.818. The summed E-state index contributed by atoms with van der Waals surface area (Å²) in [4.78, 5) is 1.31. The van der Waals surface area contributed by atoms with Crippen molar-refractivity contribution >= 4 is 10.0 Å². The van der Waals surface area contributed by atoms with E-state index in [0.29, 0.717) is 13.0 Å². The highest BCUT2D eigenvalue weighted by atomic mass is 32.2. The van der Waals surface area contributed by atoms with Crippen LogP contribution < -0.4 is 0 Å². The molecule has 26 heavy (non-hydrogen) atoms. The van der Waals surface area contributed by atoms with Crippen LogP contribution in [0.5, 0.6) is 0 Å². The van der Waals surface area contributed by atoms with Crippen molar-refractivity contribution in [3.8, 4) is 0 Å². The summed E-state index contributed by atoms with van der Waals surface area (Å²) < 4.78 is 54.5. The van der Waals surface area contributed by atoms with Gasteiger partial charge >= 0.3 is 0 Å². The maximum absolute atomic E-state index is 13.9. The third-order valence-electron chi connectivity index (χ3n) is 4.59. The third kappa shape index (κ3) is 4.11. The molecule has 0 aliphatic carbocycles. The van der Waals surface area contributed by atoms with Gasteiger partial charge in [0.2, 0.25) is 10.0 Å². The maximum atomic E-state index is 13.9. The fourth-order valence-electron chi connectivity index (χ4n) is 3.16. The zero-order valence-electron chi connectivity index (χ0n) is 14.7. The first-order chi connectivity index (χ1) is 12.4. The SMILES string of the molecule is Cc1ccc(CN2CCCN(S(=O)(=O)c3c(F)cccc3F)CC2)cc1. The smallest absolute Gasteiger partial charge is 0.248 e. The molecule has 0 aromatic heterocycles. The predicted octanol–water partition coefficient (Wildman–Crippen LogP) is 3.17. The predicted molar refractivity (Wildman–Crippen MR) is 96.2 cm³/mol. The van der Waals surface area contributed by atoms with E-state index in [0.717, 1.165) is 36.9 Å². The molecule has 0 bridgehead atoms. The number of benzene rings is 2. The molecule has 2 aromatic rings. The summed E-state index contributed by atoms with van der Waals surface area (Å²) in [7, 11) is -4.19. The third-order valence-corrected chi connectivity index (χ3v) is 6.54.